The van der Waals surface area contributed by atoms with Gasteiger partial charge in [0.2, 0.25) is 19.7 Å². The molecule has 0 unspecified atom stereocenters. The fourth-order valence-corrected chi connectivity index (χ4v) is 6.18. The summed E-state index contributed by atoms with van der Waals surface area (Å²) < 4.78 is 61.9. The van der Waals surface area contributed by atoms with Crippen LogP contribution in [0.15, 0.2) is 39.0 Å². The Morgan fingerprint density at radius 2 is 1.28 bits per heavy atom. The Balaban J connectivity index is 0.000000202. The number of guanidine groups is 1. The Morgan fingerprint density at radius 3 is 1.72 bits per heavy atom. The molecule has 0 atom stereocenters. The first-order valence-electron chi connectivity index (χ1n) is 10.4. The third-order valence-corrected chi connectivity index (χ3v) is 8.40. The molecule has 12 nitrogen and oxygen atoms in total. The molecule has 0 aromatic heterocycles. The number of hydrogen-bond acceptors (Lipinski definition) is 9. The Morgan fingerprint density at radius 1 is 0.833 bits per heavy atom. The molecule has 2 heterocycles. The predicted octanol–water partition coefficient (Wildman–Crippen LogP) is 0.713. The molecule has 0 spiro atoms. The van der Waals surface area contributed by atoms with Crippen molar-refractivity contribution in [2.45, 2.75) is 36.9 Å². The quantitative estimate of drug-likeness (QED) is 0.310. The van der Waals surface area contributed by atoms with Crippen LogP contribution in [0.3, 0.4) is 0 Å². The lowest BCUT2D eigenvalue weighted by atomic mass is 10.0. The third kappa shape index (κ3) is 5.73. The molecule has 0 fully saturated rings. The molecule has 2 aliphatic rings. The lowest BCUT2D eigenvalue weighted by molar-refractivity contribution is 0.0599. The molecule has 0 saturated heterocycles. The molecule has 2 aliphatic heterocycles. The van der Waals surface area contributed by atoms with E-state index in [2.05, 4.69) is 9.73 Å². The van der Waals surface area contributed by atoms with Crippen molar-refractivity contribution in [2.75, 3.05) is 19.0 Å². The molecular weight excluding hydrogens is 514 g/mol. The van der Waals surface area contributed by atoms with E-state index in [9.17, 15) is 26.4 Å². The van der Waals surface area contributed by atoms with Crippen LogP contribution in [0.1, 0.15) is 43.0 Å². The number of hydrogen-bond donors (Lipinski definition) is 2. The lowest BCUT2D eigenvalue weighted by Crippen LogP contribution is -2.25. The van der Waals surface area contributed by atoms with Gasteiger partial charge in [-0.15, -0.1) is 0 Å². The van der Waals surface area contributed by atoms with Crippen molar-refractivity contribution in [1.82, 2.24) is 0 Å². The first-order valence-corrected chi connectivity index (χ1v) is 13.7. The van der Waals surface area contributed by atoms with Crippen molar-refractivity contribution >= 4 is 37.5 Å². The summed E-state index contributed by atoms with van der Waals surface area (Å²) in [5, 5.41) is 0. The number of benzene rings is 2. The maximum Gasteiger partial charge on any atom is 0.338 e. The van der Waals surface area contributed by atoms with E-state index >= 15 is 0 Å². The summed E-state index contributed by atoms with van der Waals surface area (Å²) >= 11 is 0. The average Bonchev–Trinajstić information content (AvgIpc) is 2.77. The summed E-state index contributed by atoms with van der Waals surface area (Å²) in [5.74, 6) is -2.30. The van der Waals surface area contributed by atoms with E-state index in [4.69, 9.17) is 20.9 Å². The fraction of sp³-hybridized carbons (Fsp3) is 0.318. The number of rotatable bonds is 2. The van der Waals surface area contributed by atoms with Crippen molar-refractivity contribution in [1.29, 1.82) is 0 Å². The van der Waals surface area contributed by atoms with Crippen LogP contribution in [-0.4, -0.2) is 53.7 Å². The summed E-state index contributed by atoms with van der Waals surface area (Å²) in [7, 11) is -5.72. The number of carbonyl (C=O) groups is 2. The molecule has 0 radical (unpaired) electrons. The number of aliphatic imine (C=N–C) groups is 1. The highest BCUT2D eigenvalue weighted by molar-refractivity contribution is 7.91. The Kier molecular flexibility index (Phi) is 7.83. The van der Waals surface area contributed by atoms with Gasteiger partial charge < -0.3 is 25.7 Å². The number of carbonyl (C=O) groups excluding carboxylic acids is 2. The van der Waals surface area contributed by atoms with E-state index < -0.39 is 31.6 Å². The van der Waals surface area contributed by atoms with Crippen LogP contribution in [0.25, 0.3) is 0 Å². The van der Waals surface area contributed by atoms with Gasteiger partial charge in [0.05, 0.1) is 35.7 Å². The molecule has 36 heavy (non-hydrogen) atoms. The van der Waals surface area contributed by atoms with Crippen LogP contribution in [0.2, 0.25) is 0 Å². The molecule has 2 aromatic rings. The number of methoxy groups -OCH3 is 1. The molecule has 0 saturated carbocycles. The van der Waals surface area contributed by atoms with Gasteiger partial charge in [-0.3, -0.25) is 4.79 Å². The van der Waals surface area contributed by atoms with Crippen molar-refractivity contribution in [2.24, 2.45) is 16.5 Å². The number of fused-ring (bicyclic) bond motifs is 2. The van der Waals surface area contributed by atoms with Crippen LogP contribution in [-0.2, 0) is 47.1 Å². The van der Waals surface area contributed by atoms with Gasteiger partial charge in [-0.25, -0.2) is 21.6 Å². The SMILES string of the molecule is COC(=O)c1cc2c(cc1C)COCS2(=O)=O.Cc1cc2c(cc1C(=O)N=C(N)N)S(=O)(=O)COC2. The molecular formula is C22H25N3O9S2. The summed E-state index contributed by atoms with van der Waals surface area (Å²) in [5.41, 5.74) is 13.1. The smallest absolute Gasteiger partial charge is 0.338 e. The fourth-order valence-electron chi connectivity index (χ4n) is 3.69. The Hall–Kier alpha value is -3.33. The second-order valence-corrected chi connectivity index (χ2v) is 11.9. The largest absolute Gasteiger partial charge is 0.465 e. The number of nitrogens with zero attached hydrogens (tertiary/aromatic N) is 1. The summed E-state index contributed by atoms with van der Waals surface area (Å²) in [6.45, 7) is 3.85. The van der Waals surface area contributed by atoms with Gasteiger partial charge in [-0.2, -0.15) is 4.99 Å². The van der Waals surface area contributed by atoms with E-state index in [1.165, 1.54) is 19.2 Å². The number of aryl methyl sites for hydroxylation is 2. The molecule has 1 amide bonds. The van der Waals surface area contributed by atoms with Gasteiger partial charge in [-0.1, -0.05) is 12.1 Å². The molecule has 0 aliphatic carbocycles. The number of ether oxygens (including phenoxy) is 3. The maximum absolute atomic E-state index is 11.9. The highest BCUT2D eigenvalue weighted by Gasteiger charge is 2.28. The zero-order chi connectivity index (χ0) is 26.8. The Labute approximate surface area is 208 Å². The standard InChI is InChI=1S/C11H13N3O4S.C11H12O5S/c1-6-2-7-4-18-5-19(16,17)9(7)3-8(6)10(15)14-11(12)13;1-7-3-8-5-16-6-17(13,14)10(8)4-9(7)11(12)15-2/h2-3H,4-5H2,1H3,(H4,12,13,14,15);3-4H,5-6H2,1-2H3. The van der Waals surface area contributed by atoms with Gasteiger partial charge in [-0.05, 0) is 48.2 Å². The van der Waals surface area contributed by atoms with Crippen molar-refractivity contribution in [3.63, 3.8) is 0 Å². The van der Waals surface area contributed by atoms with Crippen LogP contribution in [0.5, 0.6) is 0 Å². The average molecular weight is 540 g/mol. The van der Waals surface area contributed by atoms with Gasteiger partial charge in [0, 0.05) is 5.56 Å². The number of sulfone groups is 2. The minimum absolute atomic E-state index is 0.0958. The lowest BCUT2D eigenvalue weighted by Gasteiger charge is -2.18. The molecule has 2 aromatic carbocycles. The zero-order valence-corrected chi connectivity index (χ0v) is 21.4. The van der Waals surface area contributed by atoms with Gasteiger partial charge in [0.25, 0.3) is 5.91 Å². The van der Waals surface area contributed by atoms with E-state index in [0.717, 1.165) is 0 Å². The monoisotopic (exact) mass is 539 g/mol. The minimum atomic E-state index is -3.53. The highest BCUT2D eigenvalue weighted by Crippen LogP contribution is 2.28. The molecule has 0 bridgehead atoms. The highest BCUT2D eigenvalue weighted by atomic mass is 32.2. The Bertz CT molecular complexity index is 1480. The first kappa shape index (κ1) is 27.3. The van der Waals surface area contributed by atoms with Gasteiger partial charge in [0.1, 0.15) is 0 Å². The van der Waals surface area contributed by atoms with E-state index in [1.807, 2.05) is 0 Å². The van der Waals surface area contributed by atoms with Gasteiger partial charge >= 0.3 is 5.97 Å². The van der Waals surface area contributed by atoms with Crippen molar-refractivity contribution < 1.29 is 40.6 Å². The van der Waals surface area contributed by atoms with Crippen LogP contribution in [0, 0.1) is 13.8 Å². The number of amides is 1. The van der Waals surface area contributed by atoms with Crippen LogP contribution in [0.4, 0.5) is 0 Å². The van der Waals surface area contributed by atoms with Crippen LogP contribution >= 0.6 is 0 Å². The number of nitrogens with two attached hydrogens (primary N) is 2. The molecule has 194 valence electrons. The zero-order valence-electron chi connectivity index (χ0n) is 19.7. The molecule has 4 rings (SSSR count). The normalized spacial score (nSPS) is 16.9. The first-order chi connectivity index (χ1) is 16.8. The number of esters is 1. The van der Waals surface area contributed by atoms with E-state index in [1.54, 1.807) is 26.0 Å². The van der Waals surface area contributed by atoms with Gasteiger partial charge in [0.15, 0.2) is 17.8 Å². The van der Waals surface area contributed by atoms with E-state index in [-0.39, 0.29) is 52.0 Å². The second kappa shape index (κ2) is 10.3. The van der Waals surface area contributed by atoms with E-state index in [0.29, 0.717) is 22.3 Å². The molecule has 4 N–H and O–H groups in total. The topological polar surface area (TPSA) is 195 Å². The summed E-state index contributed by atoms with van der Waals surface area (Å²) in [6.07, 6.45) is 0. The predicted molar refractivity (Wildman–Crippen MR) is 128 cm³/mol. The van der Waals surface area contributed by atoms with Crippen molar-refractivity contribution in [3.8, 4) is 0 Å². The molecule has 14 heteroatoms. The minimum Gasteiger partial charge on any atom is -0.465 e. The second-order valence-electron chi connectivity index (χ2n) is 8.05. The summed E-state index contributed by atoms with van der Waals surface area (Å²) in [6, 6.07) is 5.92. The summed E-state index contributed by atoms with van der Waals surface area (Å²) in [4.78, 5) is 27.0. The van der Waals surface area contributed by atoms with Crippen LogP contribution < -0.4 is 11.5 Å². The van der Waals surface area contributed by atoms with Crippen molar-refractivity contribution in [3.05, 3.63) is 57.6 Å². The third-order valence-electron chi connectivity index (χ3n) is 5.34. The maximum atomic E-state index is 11.9.